The van der Waals surface area contributed by atoms with Crippen LogP contribution in [0, 0.1) is 11.3 Å². The predicted octanol–water partition coefficient (Wildman–Crippen LogP) is 1.34. The minimum absolute atomic E-state index is 0.0883. The summed E-state index contributed by atoms with van der Waals surface area (Å²) in [7, 11) is 0. The number of carbonyl (C=O) groups is 2. The molecule has 0 amide bonds. The van der Waals surface area contributed by atoms with Crippen molar-refractivity contribution in [2.45, 2.75) is 6.92 Å². The summed E-state index contributed by atoms with van der Waals surface area (Å²) in [5.74, 6) is -0.0857. The number of carbonyl (C=O) groups excluding carboxylic acids is 2. The number of ketones is 1. The van der Waals surface area contributed by atoms with Crippen molar-refractivity contribution in [1.82, 2.24) is 0 Å². The molecule has 2 rings (SSSR count). The highest BCUT2D eigenvalue weighted by Crippen LogP contribution is 2.31. The fourth-order valence-corrected chi connectivity index (χ4v) is 1.96. The maximum Gasteiger partial charge on any atom is 0.331 e. The van der Waals surface area contributed by atoms with Gasteiger partial charge in [0.1, 0.15) is 24.9 Å². The van der Waals surface area contributed by atoms with Gasteiger partial charge in [0, 0.05) is 11.8 Å². The summed E-state index contributed by atoms with van der Waals surface area (Å²) in [5, 5.41) is 8.80. The predicted molar refractivity (Wildman–Crippen MR) is 84.9 cm³/mol. The van der Waals surface area contributed by atoms with Crippen molar-refractivity contribution in [3.63, 3.8) is 0 Å². The molecule has 0 bridgehead atoms. The van der Waals surface area contributed by atoms with Gasteiger partial charge in [-0.2, -0.15) is 5.26 Å². The van der Waals surface area contributed by atoms with Gasteiger partial charge in [-0.25, -0.2) is 4.79 Å². The van der Waals surface area contributed by atoms with Crippen LogP contribution in [0.5, 0.6) is 11.5 Å². The minimum Gasteiger partial charge on any atom is -0.486 e. The smallest absolute Gasteiger partial charge is 0.331 e. The molecule has 0 unspecified atom stereocenters. The number of fused-ring (bicyclic) bond motifs is 1. The van der Waals surface area contributed by atoms with Crippen molar-refractivity contribution < 1.29 is 23.8 Å². The van der Waals surface area contributed by atoms with Crippen LogP contribution in [0.1, 0.15) is 12.5 Å². The van der Waals surface area contributed by atoms with E-state index >= 15 is 0 Å². The molecule has 1 aliphatic heterocycles. The van der Waals surface area contributed by atoms with E-state index in [1.54, 1.807) is 24.3 Å². The van der Waals surface area contributed by atoms with Gasteiger partial charge in [0.25, 0.3) is 0 Å². The quantitative estimate of drug-likeness (QED) is 0.493. The summed E-state index contributed by atoms with van der Waals surface area (Å²) in [6.45, 7) is 1.87. The Bertz CT molecular complexity index is 755. The Kier molecular flexibility index (Phi) is 5.58. The van der Waals surface area contributed by atoms with E-state index in [1.165, 1.54) is 19.1 Å². The van der Waals surface area contributed by atoms with Crippen LogP contribution < -0.4 is 15.2 Å². The van der Waals surface area contributed by atoms with E-state index in [4.69, 9.17) is 25.2 Å². The third-order valence-corrected chi connectivity index (χ3v) is 3.11. The van der Waals surface area contributed by atoms with Crippen LogP contribution in [0.2, 0.25) is 0 Å². The number of nitrogens with zero attached hydrogens (tertiary/aromatic N) is 1. The average Bonchev–Trinajstić information content (AvgIpc) is 2.58. The Morgan fingerprint density at radius 3 is 2.71 bits per heavy atom. The van der Waals surface area contributed by atoms with Gasteiger partial charge >= 0.3 is 5.97 Å². The second-order valence-electron chi connectivity index (χ2n) is 4.94. The molecular weight excluding hydrogens is 312 g/mol. The molecule has 0 aromatic heterocycles. The van der Waals surface area contributed by atoms with Gasteiger partial charge in [-0.15, -0.1) is 0 Å². The van der Waals surface area contributed by atoms with Gasteiger partial charge in [-0.1, -0.05) is 6.07 Å². The van der Waals surface area contributed by atoms with Crippen molar-refractivity contribution >= 4 is 17.8 Å². The van der Waals surface area contributed by atoms with Crippen molar-refractivity contribution in [2.24, 2.45) is 5.73 Å². The number of esters is 1. The Morgan fingerprint density at radius 2 is 2.04 bits per heavy atom. The van der Waals surface area contributed by atoms with E-state index < -0.39 is 18.4 Å². The van der Waals surface area contributed by atoms with E-state index in [2.05, 4.69) is 0 Å². The second-order valence-corrected chi connectivity index (χ2v) is 4.94. The molecule has 0 spiro atoms. The molecule has 7 heteroatoms. The maximum absolute atomic E-state index is 11.7. The van der Waals surface area contributed by atoms with Gasteiger partial charge in [-0.3, -0.25) is 4.79 Å². The van der Waals surface area contributed by atoms with E-state index in [0.717, 1.165) is 5.56 Å². The molecule has 7 nitrogen and oxygen atoms in total. The van der Waals surface area contributed by atoms with Gasteiger partial charge in [0.05, 0.1) is 0 Å². The first-order valence-corrected chi connectivity index (χ1v) is 7.15. The lowest BCUT2D eigenvalue weighted by atomic mass is 10.1. The molecule has 0 fully saturated rings. The standard InChI is InChI=1S/C17H16N2O5/c1-11(19)13(9-18)14(20)10-24-17(21)5-3-12-2-4-15-16(8-12)23-7-6-22-15/h2-5,8H,6-7,10,19H2,1H3. The van der Waals surface area contributed by atoms with Crippen LogP contribution >= 0.6 is 0 Å². The topological polar surface area (TPSA) is 112 Å². The van der Waals surface area contributed by atoms with E-state index in [-0.39, 0.29) is 11.3 Å². The van der Waals surface area contributed by atoms with Crippen LogP contribution in [0.25, 0.3) is 6.08 Å². The number of benzene rings is 1. The number of rotatable bonds is 5. The van der Waals surface area contributed by atoms with Crippen LogP contribution in [0.4, 0.5) is 0 Å². The molecule has 0 atom stereocenters. The summed E-state index contributed by atoms with van der Waals surface area (Å²) in [6, 6.07) is 6.92. The molecule has 0 aliphatic carbocycles. The lowest BCUT2D eigenvalue weighted by molar-refractivity contribution is -0.141. The Morgan fingerprint density at radius 1 is 1.33 bits per heavy atom. The summed E-state index contributed by atoms with van der Waals surface area (Å²) in [6.07, 6.45) is 2.71. The summed E-state index contributed by atoms with van der Waals surface area (Å²) in [4.78, 5) is 23.3. The fraction of sp³-hybridized carbons (Fsp3) is 0.235. The Balaban J connectivity index is 1.93. The van der Waals surface area contributed by atoms with Crippen LogP contribution in [0.3, 0.4) is 0 Å². The monoisotopic (exact) mass is 328 g/mol. The number of ether oxygens (including phenoxy) is 3. The molecule has 0 saturated carbocycles. The first-order chi connectivity index (χ1) is 11.5. The molecule has 124 valence electrons. The van der Waals surface area contributed by atoms with Crippen LogP contribution in [0.15, 0.2) is 35.5 Å². The largest absolute Gasteiger partial charge is 0.486 e. The zero-order chi connectivity index (χ0) is 17.5. The zero-order valence-electron chi connectivity index (χ0n) is 13.1. The maximum atomic E-state index is 11.7. The number of nitrogens with two attached hydrogens (primary N) is 1. The second kappa shape index (κ2) is 7.83. The van der Waals surface area contributed by atoms with Gasteiger partial charge in [0.2, 0.25) is 5.78 Å². The van der Waals surface area contributed by atoms with Crippen LogP contribution in [-0.4, -0.2) is 31.6 Å². The third kappa shape index (κ3) is 4.36. The van der Waals surface area contributed by atoms with Gasteiger partial charge in [0.15, 0.2) is 18.1 Å². The first-order valence-electron chi connectivity index (χ1n) is 7.15. The molecule has 1 aromatic rings. The molecule has 1 aromatic carbocycles. The molecular formula is C17H16N2O5. The average molecular weight is 328 g/mol. The summed E-state index contributed by atoms with van der Waals surface area (Å²) in [5.41, 5.74) is 6.00. The highest BCUT2D eigenvalue weighted by molar-refractivity contribution is 6.01. The lowest BCUT2D eigenvalue weighted by Crippen LogP contribution is -2.16. The van der Waals surface area contributed by atoms with Gasteiger partial charge < -0.3 is 19.9 Å². The number of allylic oxidation sites excluding steroid dienone is 1. The normalized spacial score (nSPS) is 13.8. The number of hydrogen-bond donors (Lipinski definition) is 1. The van der Waals surface area contributed by atoms with E-state index in [0.29, 0.717) is 24.7 Å². The SMILES string of the molecule is CC(N)=C(C#N)C(=O)COC(=O)C=Cc1ccc2c(c1)OCCO2. The number of nitriles is 1. The Labute approximate surface area is 138 Å². The highest BCUT2D eigenvalue weighted by atomic mass is 16.6. The first kappa shape index (κ1) is 17.1. The van der Waals surface area contributed by atoms with Crippen molar-refractivity contribution in [3.05, 3.63) is 41.1 Å². The van der Waals surface area contributed by atoms with Crippen LogP contribution in [-0.2, 0) is 14.3 Å². The zero-order valence-corrected chi connectivity index (χ0v) is 13.1. The van der Waals surface area contributed by atoms with Crippen molar-refractivity contribution in [1.29, 1.82) is 5.26 Å². The fourth-order valence-electron chi connectivity index (χ4n) is 1.96. The Hall–Kier alpha value is -3.27. The number of Topliss-reactive ketones (excluding diaryl/α,β-unsaturated/α-hetero) is 1. The number of hydrogen-bond acceptors (Lipinski definition) is 7. The highest BCUT2D eigenvalue weighted by Gasteiger charge is 2.13. The van der Waals surface area contributed by atoms with Crippen molar-refractivity contribution in [3.8, 4) is 17.6 Å². The van der Waals surface area contributed by atoms with Crippen molar-refractivity contribution in [2.75, 3.05) is 19.8 Å². The molecule has 24 heavy (non-hydrogen) atoms. The lowest BCUT2D eigenvalue weighted by Gasteiger charge is -2.18. The molecule has 1 heterocycles. The molecule has 2 N–H and O–H groups in total. The summed E-state index contributed by atoms with van der Waals surface area (Å²) >= 11 is 0. The summed E-state index contributed by atoms with van der Waals surface area (Å²) < 4.78 is 15.6. The van der Waals surface area contributed by atoms with E-state index in [9.17, 15) is 9.59 Å². The molecule has 0 saturated heterocycles. The minimum atomic E-state index is -0.704. The molecule has 1 aliphatic rings. The third-order valence-electron chi connectivity index (χ3n) is 3.11. The van der Waals surface area contributed by atoms with E-state index in [1.807, 2.05) is 0 Å². The van der Waals surface area contributed by atoms with Gasteiger partial charge in [-0.05, 0) is 30.7 Å². The molecule has 0 radical (unpaired) electrons.